The number of nitrogens with zero attached hydrogens (tertiary/aromatic N) is 1. The van der Waals surface area contributed by atoms with Crippen molar-refractivity contribution in [2.24, 2.45) is 5.92 Å². The van der Waals surface area contributed by atoms with Gasteiger partial charge in [-0.05, 0) is 72.4 Å². The van der Waals surface area contributed by atoms with E-state index in [2.05, 4.69) is 16.0 Å². The van der Waals surface area contributed by atoms with E-state index in [0.717, 1.165) is 22.8 Å². The molecule has 6 atom stereocenters. The molecule has 3 aromatic carbocycles. The average molecular weight is 661 g/mol. The van der Waals surface area contributed by atoms with E-state index >= 15 is 0 Å². The number of rotatable bonds is 13. The van der Waals surface area contributed by atoms with Crippen LogP contribution in [-0.2, 0) is 40.2 Å². The zero-order valence-electron chi connectivity index (χ0n) is 27.8. The van der Waals surface area contributed by atoms with Crippen LogP contribution in [0.2, 0.25) is 0 Å². The molecule has 5 rings (SSSR count). The molecule has 2 aliphatic rings. The summed E-state index contributed by atoms with van der Waals surface area (Å²) < 4.78 is 28.6. The molecule has 0 spiro atoms. The molecule has 0 aliphatic carbocycles. The maximum Gasteiger partial charge on any atom is 0.249 e. The van der Waals surface area contributed by atoms with Crippen molar-refractivity contribution in [1.82, 2.24) is 20.9 Å². The van der Waals surface area contributed by atoms with E-state index in [4.69, 9.17) is 0 Å². The number of amides is 3. The molecule has 3 amide bonds. The highest BCUT2D eigenvalue weighted by atomic mass is 19.1. The minimum atomic E-state index is -1.14. The van der Waals surface area contributed by atoms with Gasteiger partial charge in [-0.2, -0.15) is 0 Å². The molecule has 256 valence electrons. The Bertz CT molecular complexity index is 1580. The molecule has 2 aliphatic heterocycles. The Balaban J connectivity index is 1.45. The van der Waals surface area contributed by atoms with Gasteiger partial charge in [0.2, 0.25) is 17.7 Å². The molecule has 8 nitrogen and oxygen atoms in total. The molecule has 0 saturated carbocycles. The molecule has 4 N–H and O–H groups in total. The molecule has 0 bridgehead atoms. The maximum absolute atomic E-state index is 14.4. The Morgan fingerprint density at radius 3 is 2.35 bits per heavy atom. The number of hydrogen-bond acceptors (Lipinski definition) is 5. The van der Waals surface area contributed by atoms with Crippen LogP contribution in [-0.4, -0.2) is 64.0 Å². The highest BCUT2D eigenvalue weighted by molar-refractivity contribution is 5.96. The number of halogens is 2. The van der Waals surface area contributed by atoms with Gasteiger partial charge >= 0.3 is 0 Å². The fourth-order valence-electron chi connectivity index (χ4n) is 7.31. The largest absolute Gasteiger partial charge is 0.389 e. The molecule has 10 heteroatoms. The summed E-state index contributed by atoms with van der Waals surface area (Å²) in [6.45, 7) is 6.06. The van der Waals surface area contributed by atoms with E-state index in [-0.39, 0.29) is 36.3 Å². The second kappa shape index (κ2) is 15.4. The zero-order valence-corrected chi connectivity index (χ0v) is 27.8. The number of fused-ring (bicyclic) bond motifs is 1. The number of aliphatic hydroxyl groups is 1. The number of aliphatic hydroxyl groups excluding tert-OH is 1. The van der Waals surface area contributed by atoms with Crippen LogP contribution in [0.1, 0.15) is 62.3 Å². The first kappa shape index (κ1) is 35.2. The molecular formula is C38H46F2N4O4. The Morgan fingerprint density at radius 1 is 1.02 bits per heavy atom. The Labute approximate surface area is 281 Å². The average Bonchev–Trinajstić information content (AvgIpc) is 3.38. The van der Waals surface area contributed by atoms with Crippen molar-refractivity contribution < 1.29 is 28.3 Å². The lowest BCUT2D eigenvalue weighted by atomic mass is 9.81. The Hall–Kier alpha value is -4.15. The van der Waals surface area contributed by atoms with Gasteiger partial charge in [-0.25, -0.2) is 8.78 Å². The molecule has 1 fully saturated rings. The maximum atomic E-state index is 14.4. The van der Waals surface area contributed by atoms with Crippen LogP contribution in [0, 0.1) is 17.6 Å². The van der Waals surface area contributed by atoms with Crippen LogP contribution in [0.3, 0.4) is 0 Å². The Morgan fingerprint density at radius 2 is 1.69 bits per heavy atom. The van der Waals surface area contributed by atoms with Crippen LogP contribution in [0.5, 0.6) is 0 Å². The van der Waals surface area contributed by atoms with Crippen molar-refractivity contribution in [3.8, 4) is 0 Å². The van der Waals surface area contributed by atoms with Gasteiger partial charge in [-0.15, -0.1) is 0 Å². The fourth-order valence-corrected chi connectivity index (χ4v) is 7.31. The van der Waals surface area contributed by atoms with Gasteiger partial charge in [0, 0.05) is 32.1 Å². The summed E-state index contributed by atoms with van der Waals surface area (Å²) in [7, 11) is 0. The summed E-state index contributed by atoms with van der Waals surface area (Å²) in [6.07, 6.45) is 1.14. The fraction of sp³-hybridized carbons (Fsp3) is 0.447. The quantitative estimate of drug-likeness (QED) is 0.220. The highest BCUT2D eigenvalue weighted by Crippen LogP contribution is 2.34. The monoisotopic (exact) mass is 660 g/mol. The SMILES string of the molecule is CC[C@@H](C)[C@@]1(NC(C)=O)CCN([C@@H](CCc2ccccc2)C(=O)N[C@@H](Cc2cc(F)cc(F)c2)[C@@H](O)[C@@H]2Cc3ccccc3CN2)C1=O. The van der Waals surface area contributed by atoms with E-state index in [1.54, 1.807) is 4.90 Å². The molecular weight excluding hydrogens is 614 g/mol. The molecule has 48 heavy (non-hydrogen) atoms. The molecule has 0 radical (unpaired) electrons. The minimum Gasteiger partial charge on any atom is -0.389 e. The second-order valence-corrected chi connectivity index (χ2v) is 13.3. The third-order valence-electron chi connectivity index (χ3n) is 10.1. The lowest BCUT2D eigenvalue weighted by Crippen LogP contribution is -2.61. The van der Waals surface area contributed by atoms with Gasteiger partial charge in [-0.3, -0.25) is 14.4 Å². The normalized spacial score (nSPS) is 21.6. The van der Waals surface area contributed by atoms with Gasteiger partial charge in [0.05, 0.1) is 12.1 Å². The third-order valence-corrected chi connectivity index (χ3v) is 10.1. The highest BCUT2D eigenvalue weighted by Gasteiger charge is 2.53. The minimum absolute atomic E-state index is 0.0382. The number of likely N-dealkylation sites (tertiary alicyclic amines) is 1. The first-order chi connectivity index (χ1) is 23.0. The van der Waals surface area contributed by atoms with E-state index < -0.39 is 47.3 Å². The van der Waals surface area contributed by atoms with Crippen LogP contribution in [0.15, 0.2) is 72.8 Å². The van der Waals surface area contributed by atoms with Crippen LogP contribution in [0.25, 0.3) is 0 Å². The summed E-state index contributed by atoms with van der Waals surface area (Å²) in [6, 6.07) is 18.4. The first-order valence-corrected chi connectivity index (χ1v) is 16.9. The van der Waals surface area contributed by atoms with Crippen molar-refractivity contribution in [3.63, 3.8) is 0 Å². The number of carbonyl (C=O) groups is 3. The van der Waals surface area contributed by atoms with Gasteiger partial charge < -0.3 is 26.0 Å². The summed E-state index contributed by atoms with van der Waals surface area (Å²) in [5.41, 5.74) is 2.33. The topological polar surface area (TPSA) is 111 Å². The number of benzene rings is 3. The van der Waals surface area contributed by atoms with Gasteiger partial charge in [-0.1, -0.05) is 74.9 Å². The van der Waals surface area contributed by atoms with Crippen LogP contribution < -0.4 is 16.0 Å². The van der Waals surface area contributed by atoms with Crippen LogP contribution >= 0.6 is 0 Å². The van der Waals surface area contributed by atoms with E-state index in [0.29, 0.717) is 38.6 Å². The van der Waals surface area contributed by atoms with E-state index in [1.165, 1.54) is 19.1 Å². The lowest BCUT2D eigenvalue weighted by molar-refractivity contribution is -0.144. The predicted molar refractivity (Wildman–Crippen MR) is 180 cm³/mol. The predicted octanol–water partition coefficient (Wildman–Crippen LogP) is 4.22. The van der Waals surface area contributed by atoms with Crippen LogP contribution in [0.4, 0.5) is 8.78 Å². The van der Waals surface area contributed by atoms with E-state index in [1.807, 2.05) is 68.4 Å². The van der Waals surface area contributed by atoms with Crippen molar-refractivity contribution in [2.75, 3.05) is 6.54 Å². The molecule has 1 saturated heterocycles. The van der Waals surface area contributed by atoms with Gasteiger partial charge in [0.15, 0.2) is 0 Å². The smallest absolute Gasteiger partial charge is 0.249 e. The van der Waals surface area contributed by atoms with Gasteiger partial charge in [0.25, 0.3) is 0 Å². The summed E-state index contributed by atoms with van der Waals surface area (Å²) in [4.78, 5) is 42.5. The number of nitrogens with one attached hydrogen (secondary N) is 3. The standard InChI is InChI=1S/C38H46F2N4O4/c1-4-24(2)38(43-25(3)45)16-17-44(37(38)48)34(15-14-26-10-6-5-7-11-26)36(47)42-33(20-27-18-30(39)22-31(40)19-27)35(46)32-21-28-12-8-9-13-29(28)23-41-32/h5-13,18-19,22,24,32-35,41,46H,4,14-17,20-21,23H2,1-3H3,(H,42,47)(H,43,45)/t24-,32+,33+,34+,35+,38+/m1/s1. The summed E-state index contributed by atoms with van der Waals surface area (Å²) in [5.74, 6) is -2.78. The van der Waals surface area contributed by atoms with Crippen molar-refractivity contribution in [3.05, 3.63) is 107 Å². The number of hydrogen-bond donors (Lipinski definition) is 4. The van der Waals surface area contributed by atoms with Crippen molar-refractivity contribution in [2.45, 2.75) is 95.6 Å². The lowest BCUT2D eigenvalue weighted by Gasteiger charge is -2.37. The molecule has 2 heterocycles. The van der Waals surface area contributed by atoms with Crippen molar-refractivity contribution >= 4 is 17.7 Å². The number of aryl methyl sites for hydroxylation is 1. The first-order valence-electron chi connectivity index (χ1n) is 16.9. The Kier molecular flexibility index (Phi) is 11.3. The molecule has 0 unspecified atom stereocenters. The summed E-state index contributed by atoms with van der Waals surface area (Å²) in [5, 5.41) is 21.1. The molecule has 3 aromatic rings. The number of carbonyl (C=O) groups excluding carboxylic acids is 3. The zero-order chi connectivity index (χ0) is 34.4. The third kappa shape index (κ3) is 7.93. The van der Waals surface area contributed by atoms with E-state index in [9.17, 15) is 28.3 Å². The summed E-state index contributed by atoms with van der Waals surface area (Å²) >= 11 is 0. The molecule has 0 aromatic heterocycles. The van der Waals surface area contributed by atoms with Crippen molar-refractivity contribution in [1.29, 1.82) is 0 Å². The van der Waals surface area contributed by atoms with Gasteiger partial charge in [0.1, 0.15) is 23.2 Å². The second-order valence-electron chi connectivity index (χ2n) is 13.3.